The number of halogens is 2. The van der Waals surface area contributed by atoms with Crippen molar-refractivity contribution in [1.29, 1.82) is 0 Å². The van der Waals surface area contributed by atoms with Crippen LogP contribution in [0.2, 0.25) is 10.0 Å². The monoisotopic (exact) mass is 454 g/mol. The zero-order chi connectivity index (χ0) is 20.6. The van der Waals surface area contributed by atoms with Crippen LogP contribution in [0.3, 0.4) is 0 Å². The van der Waals surface area contributed by atoms with Crippen molar-refractivity contribution in [2.45, 2.75) is 29.9 Å². The van der Waals surface area contributed by atoms with E-state index in [1.807, 2.05) is 12.1 Å². The highest BCUT2D eigenvalue weighted by Gasteiger charge is 2.38. The molecular weight excluding hydrogens is 431 g/mol. The average molecular weight is 455 g/mol. The smallest absolute Gasteiger partial charge is 0.175 e. The van der Waals surface area contributed by atoms with Crippen LogP contribution >= 0.6 is 23.2 Å². The SMILES string of the molecule is CS(=O)(=O)c1ccc(OC2c3cc(Cl)c(Cl)cc3CC2N2CCCNCC2)cc1. The largest absolute Gasteiger partial charge is 0.484 e. The Hall–Kier alpha value is -1.31. The number of rotatable bonds is 4. The summed E-state index contributed by atoms with van der Waals surface area (Å²) in [6, 6.07) is 10.6. The quantitative estimate of drug-likeness (QED) is 0.762. The van der Waals surface area contributed by atoms with Crippen LogP contribution in [-0.4, -0.2) is 51.8 Å². The van der Waals surface area contributed by atoms with Crippen molar-refractivity contribution < 1.29 is 13.2 Å². The Balaban J connectivity index is 1.65. The third kappa shape index (κ3) is 4.57. The maximum absolute atomic E-state index is 11.7. The van der Waals surface area contributed by atoms with Crippen molar-refractivity contribution in [1.82, 2.24) is 10.2 Å². The molecule has 1 saturated heterocycles. The van der Waals surface area contributed by atoms with Crippen molar-refractivity contribution in [3.63, 3.8) is 0 Å². The summed E-state index contributed by atoms with van der Waals surface area (Å²) in [5.74, 6) is 0.638. The van der Waals surface area contributed by atoms with E-state index in [4.69, 9.17) is 27.9 Å². The second-order valence-electron chi connectivity index (χ2n) is 7.66. The fraction of sp³-hybridized carbons (Fsp3) is 0.429. The summed E-state index contributed by atoms with van der Waals surface area (Å²) in [5, 5.41) is 4.52. The third-order valence-electron chi connectivity index (χ3n) is 5.63. The summed E-state index contributed by atoms with van der Waals surface area (Å²) in [6.45, 7) is 3.92. The van der Waals surface area contributed by atoms with Crippen molar-refractivity contribution in [3.05, 3.63) is 57.6 Å². The molecule has 0 aromatic heterocycles. The molecule has 0 radical (unpaired) electrons. The van der Waals surface area contributed by atoms with E-state index in [0.717, 1.165) is 50.1 Å². The van der Waals surface area contributed by atoms with Crippen LogP contribution in [-0.2, 0) is 16.3 Å². The number of nitrogens with one attached hydrogen (secondary N) is 1. The van der Waals surface area contributed by atoms with Gasteiger partial charge in [0.2, 0.25) is 0 Å². The van der Waals surface area contributed by atoms with Gasteiger partial charge in [-0.3, -0.25) is 4.90 Å². The van der Waals surface area contributed by atoms with Gasteiger partial charge < -0.3 is 10.1 Å². The highest BCUT2D eigenvalue weighted by atomic mass is 35.5. The summed E-state index contributed by atoms with van der Waals surface area (Å²) in [4.78, 5) is 2.75. The minimum absolute atomic E-state index is 0.175. The highest BCUT2D eigenvalue weighted by molar-refractivity contribution is 7.90. The van der Waals surface area contributed by atoms with Crippen molar-refractivity contribution >= 4 is 33.0 Å². The maximum Gasteiger partial charge on any atom is 0.175 e. The number of hydrogen-bond acceptors (Lipinski definition) is 5. The molecule has 1 fully saturated rings. The Morgan fingerprint density at radius 1 is 1.07 bits per heavy atom. The fourth-order valence-corrected chi connectivity index (χ4v) is 5.15. The first-order valence-electron chi connectivity index (χ1n) is 9.72. The van der Waals surface area contributed by atoms with E-state index in [1.54, 1.807) is 24.3 Å². The lowest BCUT2D eigenvalue weighted by Crippen LogP contribution is -2.42. The summed E-state index contributed by atoms with van der Waals surface area (Å²) in [5.41, 5.74) is 2.20. The van der Waals surface area contributed by atoms with Crippen molar-refractivity contribution in [2.75, 3.05) is 32.4 Å². The number of sulfone groups is 1. The number of hydrogen-bond donors (Lipinski definition) is 1. The standard InChI is InChI=1S/C21H24Cl2N2O3S/c1-29(26,27)16-5-3-15(4-6-16)28-21-17-13-19(23)18(22)11-14(17)12-20(21)25-9-2-7-24-8-10-25/h3-6,11,13,20-21,24H,2,7-10,12H2,1H3. The van der Waals surface area contributed by atoms with E-state index in [0.29, 0.717) is 15.8 Å². The molecule has 5 nitrogen and oxygen atoms in total. The molecule has 4 rings (SSSR count). The lowest BCUT2D eigenvalue weighted by molar-refractivity contribution is 0.0821. The van der Waals surface area contributed by atoms with Gasteiger partial charge in [0.15, 0.2) is 9.84 Å². The molecule has 2 aromatic rings. The van der Waals surface area contributed by atoms with E-state index in [1.165, 1.54) is 6.26 Å². The Labute approximate surface area is 181 Å². The van der Waals surface area contributed by atoms with Crippen LogP contribution in [0.25, 0.3) is 0 Å². The third-order valence-corrected chi connectivity index (χ3v) is 7.48. The molecule has 2 unspecified atom stereocenters. The molecule has 2 aromatic carbocycles. The molecule has 8 heteroatoms. The number of fused-ring (bicyclic) bond motifs is 1. The zero-order valence-electron chi connectivity index (χ0n) is 16.2. The van der Waals surface area contributed by atoms with E-state index in [2.05, 4.69) is 10.2 Å². The van der Waals surface area contributed by atoms with Gasteiger partial charge in [-0.2, -0.15) is 0 Å². The maximum atomic E-state index is 11.7. The molecule has 0 spiro atoms. The highest BCUT2D eigenvalue weighted by Crippen LogP contribution is 2.41. The molecule has 0 saturated carbocycles. The van der Waals surface area contributed by atoms with E-state index in [-0.39, 0.29) is 17.0 Å². The van der Waals surface area contributed by atoms with E-state index in [9.17, 15) is 8.42 Å². The summed E-state index contributed by atoms with van der Waals surface area (Å²) in [6.07, 6.45) is 2.94. The molecule has 1 heterocycles. The van der Waals surface area contributed by atoms with Crippen molar-refractivity contribution in [3.8, 4) is 5.75 Å². The normalized spacial score (nSPS) is 22.9. The van der Waals surface area contributed by atoms with Crippen LogP contribution in [0.5, 0.6) is 5.75 Å². The molecule has 156 valence electrons. The van der Waals surface area contributed by atoms with Crippen LogP contribution in [0.15, 0.2) is 41.3 Å². The predicted molar refractivity (Wildman–Crippen MR) is 116 cm³/mol. The Bertz CT molecular complexity index is 988. The second kappa shape index (κ2) is 8.44. The number of ether oxygens (including phenoxy) is 1. The number of benzene rings is 2. The molecular formula is C21H24Cl2N2O3S. The average Bonchev–Trinajstić information content (AvgIpc) is 2.85. The summed E-state index contributed by atoms with van der Waals surface area (Å²) >= 11 is 12.6. The van der Waals surface area contributed by atoms with Gasteiger partial charge in [-0.25, -0.2) is 8.42 Å². The molecule has 1 aliphatic carbocycles. The van der Waals surface area contributed by atoms with E-state index < -0.39 is 9.84 Å². The lowest BCUT2D eigenvalue weighted by Gasteiger charge is -2.32. The minimum Gasteiger partial charge on any atom is -0.484 e. The topological polar surface area (TPSA) is 58.6 Å². The molecule has 1 N–H and O–H groups in total. The van der Waals surface area contributed by atoms with Gasteiger partial charge in [0, 0.05) is 19.3 Å². The number of nitrogens with zero attached hydrogens (tertiary/aromatic N) is 1. The van der Waals surface area contributed by atoms with Gasteiger partial charge in [-0.1, -0.05) is 23.2 Å². The van der Waals surface area contributed by atoms with Crippen LogP contribution < -0.4 is 10.1 Å². The van der Waals surface area contributed by atoms with Gasteiger partial charge in [0.1, 0.15) is 11.9 Å². The van der Waals surface area contributed by atoms with Gasteiger partial charge >= 0.3 is 0 Å². The van der Waals surface area contributed by atoms with Gasteiger partial charge in [0.25, 0.3) is 0 Å². The molecule has 29 heavy (non-hydrogen) atoms. The Kier molecular flexibility index (Phi) is 6.09. The Morgan fingerprint density at radius 2 is 1.79 bits per heavy atom. The Morgan fingerprint density at radius 3 is 2.52 bits per heavy atom. The van der Waals surface area contributed by atoms with Crippen LogP contribution in [0.4, 0.5) is 0 Å². The molecule has 2 aliphatic rings. The molecule has 0 bridgehead atoms. The molecule has 0 amide bonds. The van der Waals surface area contributed by atoms with Gasteiger partial charge in [-0.15, -0.1) is 0 Å². The van der Waals surface area contributed by atoms with Gasteiger partial charge in [-0.05, 0) is 73.5 Å². The second-order valence-corrected chi connectivity index (χ2v) is 10.5. The first-order chi connectivity index (χ1) is 13.8. The first-order valence-corrected chi connectivity index (χ1v) is 12.4. The summed E-state index contributed by atoms with van der Waals surface area (Å²) < 4.78 is 29.9. The molecule has 1 aliphatic heterocycles. The minimum atomic E-state index is -3.24. The summed E-state index contributed by atoms with van der Waals surface area (Å²) in [7, 11) is -3.24. The fourth-order valence-electron chi connectivity index (χ4n) is 4.16. The zero-order valence-corrected chi connectivity index (χ0v) is 18.5. The van der Waals surface area contributed by atoms with Crippen molar-refractivity contribution in [2.24, 2.45) is 0 Å². The lowest BCUT2D eigenvalue weighted by atomic mass is 10.1. The van der Waals surface area contributed by atoms with Crippen LogP contribution in [0.1, 0.15) is 23.7 Å². The van der Waals surface area contributed by atoms with Crippen LogP contribution in [0, 0.1) is 0 Å². The first kappa shape index (κ1) is 20.9. The molecule has 2 atom stereocenters. The van der Waals surface area contributed by atoms with E-state index >= 15 is 0 Å². The van der Waals surface area contributed by atoms with Gasteiger partial charge in [0.05, 0.1) is 21.0 Å². The predicted octanol–water partition coefficient (Wildman–Crippen LogP) is 3.74.